The van der Waals surface area contributed by atoms with E-state index in [1.54, 1.807) is 49.4 Å². The van der Waals surface area contributed by atoms with Gasteiger partial charge in [-0.1, -0.05) is 67.8 Å². The topological polar surface area (TPSA) is 96.0 Å². The van der Waals surface area contributed by atoms with Crippen molar-refractivity contribution >= 4 is 27.5 Å². The van der Waals surface area contributed by atoms with Gasteiger partial charge >= 0.3 is 0 Å². The van der Waals surface area contributed by atoms with Gasteiger partial charge in [0.2, 0.25) is 21.8 Å². The monoisotopic (exact) mass is 595 g/mol. The number of hydrogen-bond acceptors (Lipinski definition) is 5. The number of amides is 2. The number of hydrogen-bond donors (Lipinski definition) is 1. The van der Waals surface area contributed by atoms with Crippen molar-refractivity contribution in [2.75, 3.05) is 17.1 Å². The van der Waals surface area contributed by atoms with Gasteiger partial charge in [0, 0.05) is 18.2 Å². The number of nitrogens with zero attached hydrogens (tertiary/aromatic N) is 2. The van der Waals surface area contributed by atoms with Crippen LogP contribution >= 0.6 is 0 Å². The second-order valence-corrected chi connectivity index (χ2v) is 12.6. The summed E-state index contributed by atoms with van der Waals surface area (Å²) in [5.74, 6) is -0.949. The first kappa shape index (κ1) is 31.0. The average molecular weight is 596 g/mol. The molecular weight excluding hydrogens is 557 g/mol. The normalized spacial score (nSPS) is 14.5. The summed E-state index contributed by atoms with van der Waals surface area (Å²) >= 11 is 0. The third kappa shape index (κ3) is 8.55. The van der Waals surface area contributed by atoms with Gasteiger partial charge in [-0.15, -0.1) is 0 Å². The molecule has 0 saturated heterocycles. The summed E-state index contributed by atoms with van der Waals surface area (Å²) < 4.78 is 47.1. The highest BCUT2D eigenvalue weighted by molar-refractivity contribution is 7.92. The van der Waals surface area contributed by atoms with Gasteiger partial charge in [-0.3, -0.25) is 13.9 Å². The molecule has 0 radical (unpaired) electrons. The SMILES string of the molecule is C[C@H](C(=O)NC1CCCCC1)N(Cc1ccccc1F)C(=O)CN(c1ccc(OCc2ccccc2)cc1)S(C)(=O)=O. The van der Waals surface area contributed by atoms with Gasteiger partial charge in [-0.2, -0.15) is 0 Å². The van der Waals surface area contributed by atoms with Crippen molar-refractivity contribution < 1.29 is 27.1 Å². The van der Waals surface area contributed by atoms with E-state index in [-0.39, 0.29) is 29.7 Å². The molecule has 3 aromatic carbocycles. The van der Waals surface area contributed by atoms with Crippen LogP contribution in [0.1, 0.15) is 50.2 Å². The fourth-order valence-electron chi connectivity index (χ4n) is 5.02. The van der Waals surface area contributed by atoms with Gasteiger partial charge in [0.1, 0.15) is 30.8 Å². The Morgan fingerprint density at radius 3 is 2.24 bits per heavy atom. The molecule has 0 spiro atoms. The third-order valence-corrected chi connectivity index (χ3v) is 8.61. The molecule has 0 unspecified atom stereocenters. The van der Waals surface area contributed by atoms with E-state index in [4.69, 9.17) is 4.74 Å². The Hall–Kier alpha value is -3.92. The molecule has 0 aliphatic heterocycles. The molecular formula is C32H38FN3O5S. The van der Waals surface area contributed by atoms with Crippen molar-refractivity contribution in [3.8, 4) is 5.75 Å². The molecule has 0 aromatic heterocycles. The largest absolute Gasteiger partial charge is 0.489 e. The number of sulfonamides is 1. The lowest BCUT2D eigenvalue weighted by Gasteiger charge is -2.33. The van der Waals surface area contributed by atoms with Crippen molar-refractivity contribution in [3.05, 3.63) is 95.8 Å². The van der Waals surface area contributed by atoms with Gasteiger partial charge in [0.15, 0.2) is 0 Å². The number of carbonyl (C=O) groups excluding carboxylic acids is 2. The van der Waals surface area contributed by atoms with Crippen LogP contribution in [0.4, 0.5) is 10.1 Å². The first-order valence-electron chi connectivity index (χ1n) is 14.2. The Kier molecular flexibility index (Phi) is 10.6. The molecule has 224 valence electrons. The minimum absolute atomic E-state index is 0.0225. The minimum Gasteiger partial charge on any atom is -0.489 e. The van der Waals surface area contributed by atoms with Crippen LogP contribution in [-0.2, 0) is 32.8 Å². The van der Waals surface area contributed by atoms with E-state index in [1.165, 1.54) is 11.0 Å². The van der Waals surface area contributed by atoms with E-state index in [2.05, 4.69) is 5.32 Å². The summed E-state index contributed by atoms with van der Waals surface area (Å²) in [5, 5.41) is 3.03. The number of rotatable bonds is 12. The molecule has 42 heavy (non-hydrogen) atoms. The zero-order valence-corrected chi connectivity index (χ0v) is 24.9. The van der Waals surface area contributed by atoms with Gasteiger partial charge in [0.25, 0.3) is 0 Å². The van der Waals surface area contributed by atoms with E-state index >= 15 is 0 Å². The van der Waals surface area contributed by atoms with Crippen molar-refractivity contribution in [2.24, 2.45) is 0 Å². The van der Waals surface area contributed by atoms with Gasteiger partial charge in [0.05, 0.1) is 11.9 Å². The van der Waals surface area contributed by atoms with Crippen LogP contribution in [0.3, 0.4) is 0 Å². The smallest absolute Gasteiger partial charge is 0.244 e. The standard InChI is InChI=1S/C32H38FN3O5S/c1-24(32(38)34-27-14-7-4-8-15-27)35(21-26-13-9-10-16-30(26)33)31(37)22-36(42(2,39)40)28-17-19-29(20-18-28)41-23-25-11-5-3-6-12-25/h3,5-6,9-13,16-20,24,27H,4,7-8,14-15,21-23H2,1-2H3,(H,34,38)/t24-/m1/s1. The van der Waals surface area contributed by atoms with Gasteiger partial charge < -0.3 is 15.0 Å². The second-order valence-electron chi connectivity index (χ2n) is 10.7. The minimum atomic E-state index is -3.89. The molecule has 1 saturated carbocycles. The Bertz CT molecular complexity index is 1440. The molecule has 0 bridgehead atoms. The van der Waals surface area contributed by atoms with E-state index in [9.17, 15) is 22.4 Å². The molecule has 0 heterocycles. The van der Waals surface area contributed by atoms with Crippen LogP contribution in [0.15, 0.2) is 78.9 Å². The molecule has 2 amide bonds. The van der Waals surface area contributed by atoms with Crippen molar-refractivity contribution in [1.29, 1.82) is 0 Å². The highest BCUT2D eigenvalue weighted by Crippen LogP contribution is 2.24. The fourth-order valence-corrected chi connectivity index (χ4v) is 5.87. The van der Waals surface area contributed by atoms with Crippen LogP contribution in [0.2, 0.25) is 0 Å². The lowest BCUT2D eigenvalue weighted by molar-refractivity contribution is -0.139. The summed E-state index contributed by atoms with van der Waals surface area (Å²) in [6.45, 7) is 1.19. The Morgan fingerprint density at radius 1 is 0.952 bits per heavy atom. The first-order chi connectivity index (χ1) is 20.1. The van der Waals surface area contributed by atoms with E-state index < -0.39 is 34.3 Å². The quantitative estimate of drug-likeness (QED) is 0.317. The third-order valence-electron chi connectivity index (χ3n) is 7.47. The van der Waals surface area contributed by atoms with Crippen LogP contribution < -0.4 is 14.4 Å². The number of anilines is 1. The van der Waals surface area contributed by atoms with E-state index in [1.807, 2.05) is 30.3 Å². The molecule has 1 aliphatic carbocycles. The molecule has 8 nitrogen and oxygen atoms in total. The Morgan fingerprint density at radius 2 is 1.60 bits per heavy atom. The first-order valence-corrected chi connectivity index (χ1v) is 16.0. The summed E-state index contributed by atoms with van der Waals surface area (Å²) in [6.07, 6.45) is 5.92. The molecule has 1 aliphatic rings. The number of carbonyl (C=O) groups is 2. The van der Waals surface area contributed by atoms with Crippen LogP contribution in [0, 0.1) is 5.82 Å². The molecule has 1 N–H and O–H groups in total. The molecule has 3 aromatic rings. The lowest BCUT2D eigenvalue weighted by atomic mass is 9.95. The van der Waals surface area contributed by atoms with Crippen LogP contribution in [-0.4, -0.2) is 50.0 Å². The molecule has 1 atom stereocenters. The number of benzene rings is 3. The Labute approximate surface area is 247 Å². The van der Waals surface area contributed by atoms with Crippen molar-refractivity contribution in [1.82, 2.24) is 10.2 Å². The van der Waals surface area contributed by atoms with Gasteiger partial charge in [-0.05, 0) is 55.7 Å². The van der Waals surface area contributed by atoms with Gasteiger partial charge in [-0.25, -0.2) is 12.8 Å². The van der Waals surface area contributed by atoms with Crippen molar-refractivity contribution in [3.63, 3.8) is 0 Å². The van der Waals surface area contributed by atoms with Crippen molar-refractivity contribution in [2.45, 2.75) is 64.3 Å². The van der Waals surface area contributed by atoms with E-state index in [0.717, 1.165) is 48.2 Å². The molecule has 10 heteroatoms. The summed E-state index contributed by atoms with van der Waals surface area (Å²) in [6, 6.07) is 21.1. The lowest BCUT2D eigenvalue weighted by Crippen LogP contribution is -2.53. The summed E-state index contributed by atoms with van der Waals surface area (Å²) in [7, 11) is -3.89. The summed E-state index contributed by atoms with van der Waals surface area (Å²) in [5.41, 5.74) is 1.48. The van der Waals surface area contributed by atoms with Crippen LogP contribution in [0.25, 0.3) is 0 Å². The number of nitrogens with one attached hydrogen (secondary N) is 1. The number of ether oxygens (including phenoxy) is 1. The zero-order chi connectivity index (χ0) is 30.1. The summed E-state index contributed by atoms with van der Waals surface area (Å²) in [4.78, 5) is 28.2. The second kappa shape index (κ2) is 14.3. The van der Waals surface area contributed by atoms with E-state index in [0.29, 0.717) is 12.4 Å². The maximum atomic E-state index is 14.6. The zero-order valence-electron chi connectivity index (χ0n) is 24.0. The average Bonchev–Trinajstić information content (AvgIpc) is 2.99. The highest BCUT2D eigenvalue weighted by Gasteiger charge is 2.31. The predicted molar refractivity (Wildman–Crippen MR) is 161 cm³/mol. The maximum absolute atomic E-state index is 14.6. The Balaban J connectivity index is 1.52. The highest BCUT2D eigenvalue weighted by atomic mass is 32.2. The molecule has 4 rings (SSSR count). The maximum Gasteiger partial charge on any atom is 0.244 e. The van der Waals surface area contributed by atoms with Crippen LogP contribution in [0.5, 0.6) is 5.75 Å². The predicted octanol–water partition coefficient (Wildman–Crippen LogP) is 5.04. The fraction of sp³-hybridized carbons (Fsp3) is 0.375. The molecule has 1 fully saturated rings. The number of halogens is 1.